The van der Waals surface area contributed by atoms with Gasteiger partial charge in [-0.25, -0.2) is 9.67 Å². The lowest BCUT2D eigenvalue weighted by Crippen LogP contribution is -2.09. The van der Waals surface area contributed by atoms with Crippen LogP contribution in [0.3, 0.4) is 0 Å². The molecule has 6 heteroatoms. The molecule has 1 N–H and O–H groups in total. The summed E-state index contributed by atoms with van der Waals surface area (Å²) in [6, 6.07) is 18.0. The second kappa shape index (κ2) is 6.86. The maximum absolute atomic E-state index is 5.71. The highest BCUT2D eigenvalue weighted by molar-refractivity contribution is 5.74. The van der Waals surface area contributed by atoms with Crippen LogP contribution in [0.1, 0.15) is 30.0 Å². The van der Waals surface area contributed by atoms with Gasteiger partial charge >= 0.3 is 0 Å². The number of nitrogens with one attached hydrogen (secondary N) is 1. The molecule has 0 radical (unpaired) electrons. The lowest BCUT2D eigenvalue weighted by atomic mass is 10.2. The summed E-state index contributed by atoms with van der Waals surface area (Å²) in [6.45, 7) is 3.04. The number of para-hydroxylation sites is 2. The first-order valence-electron chi connectivity index (χ1n) is 8.26. The van der Waals surface area contributed by atoms with E-state index < -0.39 is 0 Å². The topological polar surface area (TPSA) is 68.6 Å². The molecule has 0 fully saturated rings. The first-order chi connectivity index (χ1) is 12.3. The van der Waals surface area contributed by atoms with Crippen LogP contribution in [-0.2, 0) is 18.0 Å². The molecule has 0 aliphatic rings. The minimum Gasteiger partial charge on any atom is -0.370 e. The van der Waals surface area contributed by atoms with Gasteiger partial charge in [0.2, 0.25) is 0 Å². The van der Waals surface area contributed by atoms with Crippen molar-refractivity contribution in [2.45, 2.75) is 26.2 Å². The Morgan fingerprint density at radius 2 is 1.84 bits per heavy atom. The van der Waals surface area contributed by atoms with Crippen LogP contribution < -0.4 is 0 Å². The minimum absolute atomic E-state index is 0.0252. The molecule has 25 heavy (non-hydrogen) atoms. The zero-order valence-electron chi connectivity index (χ0n) is 14.0. The number of ether oxygens (including phenoxy) is 1. The molecule has 0 saturated heterocycles. The highest BCUT2D eigenvalue weighted by atomic mass is 16.5. The molecule has 126 valence electrons. The number of hydrogen-bond donors (Lipinski definition) is 1. The Bertz CT molecular complexity index is 927. The maximum Gasteiger partial charge on any atom is 0.131 e. The maximum atomic E-state index is 5.71. The Morgan fingerprint density at radius 1 is 1.04 bits per heavy atom. The Hall–Kier alpha value is -2.99. The summed E-state index contributed by atoms with van der Waals surface area (Å²) in [7, 11) is 0. The zero-order valence-corrected chi connectivity index (χ0v) is 14.0. The molecular formula is C19H19N5O. The third-order valence-electron chi connectivity index (χ3n) is 4.12. The van der Waals surface area contributed by atoms with Crippen LogP contribution in [0.25, 0.3) is 11.0 Å². The van der Waals surface area contributed by atoms with Gasteiger partial charge in [0.15, 0.2) is 0 Å². The van der Waals surface area contributed by atoms with Crippen LogP contribution in [0.15, 0.2) is 60.8 Å². The molecule has 2 aromatic carbocycles. The third kappa shape index (κ3) is 3.44. The summed E-state index contributed by atoms with van der Waals surface area (Å²) in [5.74, 6) is 0.864. The molecule has 1 unspecified atom stereocenters. The molecule has 0 amide bonds. The molecule has 0 spiro atoms. The van der Waals surface area contributed by atoms with Crippen molar-refractivity contribution in [1.82, 2.24) is 25.0 Å². The standard InChI is InChI=1S/C19H19N5O/c1-14(19-20-17-9-5-6-10-18(17)21-19)24-11-16(22-23-24)13-25-12-15-7-3-2-4-8-15/h2-11,14H,12-13H2,1H3,(H,20,21). The van der Waals surface area contributed by atoms with Crippen molar-refractivity contribution in [2.75, 3.05) is 0 Å². The molecule has 4 aromatic rings. The van der Waals surface area contributed by atoms with Gasteiger partial charge in [0.25, 0.3) is 0 Å². The van der Waals surface area contributed by atoms with Gasteiger partial charge < -0.3 is 9.72 Å². The van der Waals surface area contributed by atoms with E-state index in [0.29, 0.717) is 13.2 Å². The van der Waals surface area contributed by atoms with Gasteiger partial charge in [-0.2, -0.15) is 0 Å². The van der Waals surface area contributed by atoms with Crippen LogP contribution in [0.4, 0.5) is 0 Å². The SMILES string of the molecule is CC(c1nc2ccccc2[nH]1)n1cc(COCc2ccccc2)nn1. The Balaban J connectivity index is 1.41. The number of imidazole rings is 1. The van der Waals surface area contributed by atoms with Crippen LogP contribution in [0.2, 0.25) is 0 Å². The van der Waals surface area contributed by atoms with Crippen molar-refractivity contribution < 1.29 is 4.74 Å². The van der Waals surface area contributed by atoms with E-state index in [1.807, 2.05) is 67.7 Å². The first-order valence-corrected chi connectivity index (χ1v) is 8.26. The number of hydrogen-bond acceptors (Lipinski definition) is 4. The van der Waals surface area contributed by atoms with E-state index in [4.69, 9.17) is 4.74 Å². The number of benzene rings is 2. The molecule has 0 aliphatic heterocycles. The Labute approximate surface area is 145 Å². The van der Waals surface area contributed by atoms with Crippen LogP contribution in [0, 0.1) is 0 Å². The van der Waals surface area contributed by atoms with Gasteiger partial charge in [0.05, 0.1) is 30.4 Å². The van der Waals surface area contributed by atoms with Crippen molar-refractivity contribution in [3.8, 4) is 0 Å². The predicted molar refractivity (Wildman–Crippen MR) is 94.9 cm³/mol. The molecule has 0 saturated carbocycles. The quantitative estimate of drug-likeness (QED) is 0.586. The van der Waals surface area contributed by atoms with Crippen molar-refractivity contribution in [3.63, 3.8) is 0 Å². The van der Waals surface area contributed by atoms with Gasteiger partial charge in [0, 0.05) is 0 Å². The largest absolute Gasteiger partial charge is 0.370 e. The van der Waals surface area contributed by atoms with E-state index in [1.54, 1.807) is 4.68 Å². The highest BCUT2D eigenvalue weighted by Gasteiger charge is 2.14. The van der Waals surface area contributed by atoms with Gasteiger partial charge in [-0.15, -0.1) is 5.10 Å². The lowest BCUT2D eigenvalue weighted by molar-refractivity contribution is 0.104. The fraction of sp³-hybridized carbons (Fsp3) is 0.211. The van der Waals surface area contributed by atoms with Gasteiger partial charge in [-0.05, 0) is 24.6 Å². The second-order valence-electron chi connectivity index (χ2n) is 5.98. The number of aromatic amines is 1. The van der Waals surface area contributed by atoms with E-state index in [1.165, 1.54) is 0 Å². The lowest BCUT2D eigenvalue weighted by Gasteiger charge is -2.07. The molecule has 0 aliphatic carbocycles. The minimum atomic E-state index is -0.0252. The van der Waals surface area contributed by atoms with Crippen molar-refractivity contribution in [3.05, 3.63) is 77.9 Å². The summed E-state index contributed by atoms with van der Waals surface area (Å²) < 4.78 is 7.52. The molecule has 4 rings (SSSR count). The smallest absolute Gasteiger partial charge is 0.131 e. The number of rotatable bonds is 6. The van der Waals surface area contributed by atoms with Crippen molar-refractivity contribution >= 4 is 11.0 Å². The number of fused-ring (bicyclic) bond motifs is 1. The zero-order chi connectivity index (χ0) is 17.1. The van der Waals surface area contributed by atoms with E-state index >= 15 is 0 Å². The van der Waals surface area contributed by atoms with Crippen molar-refractivity contribution in [1.29, 1.82) is 0 Å². The number of H-pyrrole nitrogens is 1. The average Bonchev–Trinajstić information content (AvgIpc) is 3.29. The van der Waals surface area contributed by atoms with E-state index in [2.05, 4.69) is 20.3 Å². The Kier molecular flexibility index (Phi) is 4.26. The first kappa shape index (κ1) is 15.5. The van der Waals surface area contributed by atoms with Gasteiger partial charge in [0.1, 0.15) is 17.6 Å². The fourth-order valence-electron chi connectivity index (χ4n) is 2.71. The summed E-state index contributed by atoms with van der Waals surface area (Å²) in [5, 5.41) is 8.41. The van der Waals surface area contributed by atoms with E-state index in [0.717, 1.165) is 28.1 Å². The third-order valence-corrected chi connectivity index (χ3v) is 4.12. The monoisotopic (exact) mass is 333 g/mol. The molecule has 0 bridgehead atoms. The van der Waals surface area contributed by atoms with E-state index in [9.17, 15) is 0 Å². The number of nitrogens with zero attached hydrogens (tertiary/aromatic N) is 4. The Morgan fingerprint density at radius 3 is 2.68 bits per heavy atom. The predicted octanol–water partition coefficient (Wildman–Crippen LogP) is 3.48. The van der Waals surface area contributed by atoms with Crippen LogP contribution in [-0.4, -0.2) is 25.0 Å². The summed E-state index contributed by atoms with van der Waals surface area (Å²) >= 11 is 0. The molecule has 2 aromatic heterocycles. The molecule has 1 atom stereocenters. The summed E-state index contributed by atoms with van der Waals surface area (Å²) in [6.07, 6.45) is 1.91. The second-order valence-corrected chi connectivity index (χ2v) is 5.98. The summed E-state index contributed by atoms with van der Waals surface area (Å²) in [5.41, 5.74) is 3.93. The molecular weight excluding hydrogens is 314 g/mol. The highest BCUT2D eigenvalue weighted by Crippen LogP contribution is 2.18. The van der Waals surface area contributed by atoms with Gasteiger partial charge in [-0.3, -0.25) is 0 Å². The summed E-state index contributed by atoms with van der Waals surface area (Å²) in [4.78, 5) is 7.96. The normalized spacial score (nSPS) is 12.5. The fourth-order valence-corrected chi connectivity index (χ4v) is 2.71. The van der Waals surface area contributed by atoms with Crippen LogP contribution in [0.5, 0.6) is 0 Å². The number of aromatic nitrogens is 5. The van der Waals surface area contributed by atoms with Crippen LogP contribution >= 0.6 is 0 Å². The van der Waals surface area contributed by atoms with Gasteiger partial charge in [-0.1, -0.05) is 47.7 Å². The van der Waals surface area contributed by atoms with E-state index in [-0.39, 0.29) is 6.04 Å². The molecule has 2 heterocycles. The van der Waals surface area contributed by atoms with Crippen molar-refractivity contribution in [2.24, 2.45) is 0 Å². The average molecular weight is 333 g/mol. The molecule has 6 nitrogen and oxygen atoms in total.